The first-order chi connectivity index (χ1) is 11.1. The van der Waals surface area contributed by atoms with Crippen molar-refractivity contribution in [2.24, 2.45) is 5.92 Å². The van der Waals surface area contributed by atoms with Crippen LogP contribution in [0.25, 0.3) is 0 Å². The Morgan fingerprint density at radius 1 is 1.25 bits per heavy atom. The highest BCUT2D eigenvalue weighted by molar-refractivity contribution is 5.96. The van der Waals surface area contributed by atoms with Gasteiger partial charge in [-0.2, -0.15) is 0 Å². The molecule has 2 heterocycles. The lowest BCUT2D eigenvalue weighted by molar-refractivity contribution is 0.0677. The fourth-order valence-corrected chi connectivity index (χ4v) is 3.96. The van der Waals surface area contributed by atoms with Crippen LogP contribution in [0.4, 0.5) is 4.39 Å². The maximum absolute atomic E-state index is 14.7. The molecule has 0 aliphatic carbocycles. The summed E-state index contributed by atoms with van der Waals surface area (Å²) in [7, 11) is 0. The molecule has 1 amide bonds. The smallest absolute Gasteiger partial charge is 0.257 e. The van der Waals surface area contributed by atoms with Crippen LogP contribution < -0.4 is 5.32 Å². The van der Waals surface area contributed by atoms with Crippen molar-refractivity contribution in [3.05, 3.63) is 34.6 Å². The highest BCUT2D eigenvalue weighted by Crippen LogP contribution is 2.29. The van der Waals surface area contributed by atoms with Crippen molar-refractivity contribution in [3.8, 4) is 0 Å². The average Bonchev–Trinajstić information content (AvgIpc) is 2.55. The number of rotatable bonds is 2. The second-order valence-electron chi connectivity index (χ2n) is 7.22. The first kappa shape index (κ1) is 19.2. The monoisotopic (exact) mass is 354 g/mol. The van der Waals surface area contributed by atoms with Gasteiger partial charge in [-0.05, 0) is 74.7 Å². The Kier molecular flexibility index (Phi) is 6.64. The molecule has 3 nitrogen and oxygen atoms in total. The number of piperidine rings is 2. The van der Waals surface area contributed by atoms with Crippen LogP contribution >= 0.6 is 12.4 Å². The summed E-state index contributed by atoms with van der Waals surface area (Å²) in [5, 5.41) is 3.34. The third kappa shape index (κ3) is 4.09. The van der Waals surface area contributed by atoms with Gasteiger partial charge in [-0.15, -0.1) is 12.4 Å². The summed E-state index contributed by atoms with van der Waals surface area (Å²) in [5.41, 5.74) is 2.10. The van der Waals surface area contributed by atoms with Gasteiger partial charge in [-0.25, -0.2) is 4.39 Å². The van der Waals surface area contributed by atoms with Crippen molar-refractivity contribution in [1.29, 1.82) is 0 Å². The van der Waals surface area contributed by atoms with Gasteiger partial charge in [-0.3, -0.25) is 4.79 Å². The molecular weight excluding hydrogens is 327 g/mol. The van der Waals surface area contributed by atoms with Crippen LogP contribution in [0.5, 0.6) is 0 Å². The number of halogens is 2. The zero-order valence-electron chi connectivity index (χ0n) is 14.6. The molecule has 2 fully saturated rings. The molecule has 1 aromatic carbocycles. The van der Waals surface area contributed by atoms with Crippen LogP contribution in [-0.2, 0) is 0 Å². The van der Waals surface area contributed by atoms with Gasteiger partial charge in [-0.1, -0.05) is 13.0 Å². The average molecular weight is 355 g/mol. The van der Waals surface area contributed by atoms with Crippen LogP contribution in [0.3, 0.4) is 0 Å². The second-order valence-corrected chi connectivity index (χ2v) is 7.22. The Morgan fingerprint density at radius 2 is 1.96 bits per heavy atom. The Morgan fingerprint density at radius 3 is 2.58 bits per heavy atom. The molecule has 1 aromatic rings. The molecule has 0 radical (unpaired) electrons. The summed E-state index contributed by atoms with van der Waals surface area (Å²) >= 11 is 0. The van der Waals surface area contributed by atoms with Gasteiger partial charge in [0.2, 0.25) is 0 Å². The zero-order valence-corrected chi connectivity index (χ0v) is 15.4. The predicted molar refractivity (Wildman–Crippen MR) is 97.5 cm³/mol. The van der Waals surface area contributed by atoms with E-state index in [9.17, 15) is 9.18 Å². The second kappa shape index (κ2) is 8.30. The number of hydrogen-bond acceptors (Lipinski definition) is 2. The number of carbonyl (C=O) groups excluding carboxylic acids is 1. The van der Waals surface area contributed by atoms with Crippen molar-refractivity contribution in [2.75, 3.05) is 26.2 Å². The third-order valence-corrected chi connectivity index (χ3v) is 5.28. The summed E-state index contributed by atoms with van der Waals surface area (Å²) in [6.07, 6.45) is 4.24. The zero-order chi connectivity index (χ0) is 16.4. The summed E-state index contributed by atoms with van der Waals surface area (Å²) in [5.74, 6) is 0.430. The molecule has 0 bridgehead atoms. The molecule has 3 rings (SSSR count). The lowest BCUT2D eigenvalue weighted by Gasteiger charge is -2.31. The molecule has 2 aliphatic heterocycles. The van der Waals surface area contributed by atoms with E-state index in [2.05, 4.69) is 12.2 Å². The number of benzene rings is 1. The van der Waals surface area contributed by atoms with Gasteiger partial charge < -0.3 is 10.2 Å². The fraction of sp³-hybridized carbons (Fsp3) is 0.632. The quantitative estimate of drug-likeness (QED) is 0.873. The molecule has 1 atom stereocenters. The maximum atomic E-state index is 14.7. The molecule has 24 heavy (non-hydrogen) atoms. The molecular formula is C19H28ClFN2O. The topological polar surface area (TPSA) is 32.3 Å². The Labute approximate surface area is 150 Å². The maximum Gasteiger partial charge on any atom is 0.257 e. The van der Waals surface area contributed by atoms with Gasteiger partial charge in [0.1, 0.15) is 5.82 Å². The van der Waals surface area contributed by atoms with Crippen LogP contribution in [0.2, 0.25) is 0 Å². The fourth-order valence-electron chi connectivity index (χ4n) is 3.96. The van der Waals surface area contributed by atoms with E-state index >= 15 is 0 Å². The molecule has 1 unspecified atom stereocenters. The largest absolute Gasteiger partial charge is 0.338 e. The van der Waals surface area contributed by atoms with Crippen molar-refractivity contribution < 1.29 is 9.18 Å². The van der Waals surface area contributed by atoms with Crippen LogP contribution in [0, 0.1) is 18.7 Å². The number of likely N-dealkylation sites (tertiary alicyclic amines) is 1. The van der Waals surface area contributed by atoms with E-state index in [-0.39, 0.29) is 29.7 Å². The van der Waals surface area contributed by atoms with Gasteiger partial charge in [0.05, 0.1) is 5.56 Å². The number of nitrogens with zero attached hydrogens (tertiary/aromatic N) is 1. The van der Waals surface area contributed by atoms with E-state index in [4.69, 9.17) is 0 Å². The predicted octanol–water partition coefficient (Wildman–Crippen LogP) is 3.90. The van der Waals surface area contributed by atoms with E-state index in [0.29, 0.717) is 11.8 Å². The van der Waals surface area contributed by atoms with Crippen molar-refractivity contribution in [3.63, 3.8) is 0 Å². The first-order valence-electron chi connectivity index (χ1n) is 8.86. The minimum Gasteiger partial charge on any atom is -0.338 e. The standard InChI is InChI=1S/C19H27FN2O.ClH/c1-13-4-3-9-22(12-13)19(23)18-14(2)10-16(11-17(18)20)15-5-7-21-8-6-15;/h10-11,13,15,21H,3-9,12H2,1-2H3;1H. The summed E-state index contributed by atoms with van der Waals surface area (Å²) in [4.78, 5) is 14.6. The van der Waals surface area contributed by atoms with Crippen LogP contribution in [0.15, 0.2) is 12.1 Å². The van der Waals surface area contributed by atoms with E-state index in [1.54, 1.807) is 6.07 Å². The highest BCUT2D eigenvalue weighted by Gasteiger charge is 2.26. The van der Waals surface area contributed by atoms with Crippen LogP contribution in [0.1, 0.15) is 60.0 Å². The van der Waals surface area contributed by atoms with E-state index in [0.717, 1.165) is 63.0 Å². The minimum absolute atomic E-state index is 0. The van der Waals surface area contributed by atoms with Crippen molar-refractivity contribution in [2.45, 2.75) is 45.4 Å². The number of carbonyl (C=O) groups is 1. The van der Waals surface area contributed by atoms with Crippen molar-refractivity contribution >= 4 is 18.3 Å². The summed E-state index contributed by atoms with van der Waals surface area (Å²) in [6.45, 7) is 7.48. The number of hydrogen-bond donors (Lipinski definition) is 1. The Balaban J connectivity index is 0.00000208. The molecule has 0 spiro atoms. The molecule has 5 heteroatoms. The third-order valence-electron chi connectivity index (χ3n) is 5.28. The lowest BCUT2D eigenvalue weighted by Crippen LogP contribution is -2.39. The van der Waals surface area contributed by atoms with Gasteiger partial charge in [0.15, 0.2) is 0 Å². The molecule has 134 valence electrons. The van der Waals surface area contributed by atoms with E-state index < -0.39 is 0 Å². The minimum atomic E-state index is -0.346. The van der Waals surface area contributed by atoms with Gasteiger partial charge in [0.25, 0.3) is 5.91 Å². The molecule has 1 N–H and O–H groups in total. The summed E-state index contributed by atoms with van der Waals surface area (Å²) in [6, 6.07) is 3.63. The highest BCUT2D eigenvalue weighted by atomic mass is 35.5. The van der Waals surface area contributed by atoms with E-state index in [1.165, 1.54) is 0 Å². The van der Waals surface area contributed by atoms with Gasteiger partial charge >= 0.3 is 0 Å². The van der Waals surface area contributed by atoms with E-state index in [1.807, 2.05) is 17.9 Å². The Bertz CT molecular complexity index is 564. The SMILES string of the molecule is Cc1cc(C2CCNCC2)cc(F)c1C(=O)N1CCCC(C)C1.Cl. The molecule has 0 aromatic heterocycles. The number of nitrogens with one attached hydrogen (secondary N) is 1. The lowest BCUT2D eigenvalue weighted by atomic mass is 9.88. The number of aryl methyl sites for hydroxylation is 1. The van der Waals surface area contributed by atoms with Crippen LogP contribution in [-0.4, -0.2) is 37.0 Å². The Hall–Kier alpha value is -1.13. The molecule has 2 saturated heterocycles. The molecule has 2 aliphatic rings. The first-order valence-corrected chi connectivity index (χ1v) is 8.86. The van der Waals surface area contributed by atoms with Gasteiger partial charge in [0, 0.05) is 13.1 Å². The molecule has 0 saturated carbocycles. The summed E-state index contributed by atoms with van der Waals surface area (Å²) < 4.78 is 14.7. The number of amides is 1. The van der Waals surface area contributed by atoms with Crippen molar-refractivity contribution in [1.82, 2.24) is 10.2 Å². The normalized spacial score (nSPS) is 22.1.